The van der Waals surface area contributed by atoms with Crippen LogP contribution in [0.3, 0.4) is 0 Å². The van der Waals surface area contributed by atoms with E-state index in [0.717, 1.165) is 0 Å². The van der Waals surface area contributed by atoms with Gasteiger partial charge in [-0.3, -0.25) is 4.79 Å². The Morgan fingerprint density at radius 1 is 1.39 bits per heavy atom. The minimum Gasteiger partial charge on any atom is -0.344 e. The van der Waals surface area contributed by atoms with Crippen molar-refractivity contribution >= 4 is 17.5 Å². The topological polar surface area (TPSA) is 29.1 Å². The Kier molecular flexibility index (Phi) is 4.56. The molecule has 2 nitrogen and oxygen atoms in total. The van der Waals surface area contributed by atoms with Gasteiger partial charge in [-0.1, -0.05) is 23.7 Å². The maximum absolute atomic E-state index is 12.7. The molecule has 0 aliphatic heterocycles. The Morgan fingerprint density at radius 2 is 2.00 bits per heavy atom. The zero-order chi connectivity index (χ0) is 13.9. The van der Waals surface area contributed by atoms with E-state index in [1.165, 1.54) is 19.1 Å². The van der Waals surface area contributed by atoms with Crippen LogP contribution < -0.4 is 5.32 Å². The van der Waals surface area contributed by atoms with Gasteiger partial charge in [0.15, 0.2) is 0 Å². The minimum absolute atomic E-state index is 0.356. The van der Waals surface area contributed by atoms with Gasteiger partial charge in [0.2, 0.25) is 0 Å². The number of carbonyl (C=O) groups is 1. The Morgan fingerprint density at radius 3 is 2.50 bits per heavy atom. The van der Waals surface area contributed by atoms with Crippen molar-refractivity contribution < 1.29 is 22.4 Å². The number of nitrogens with one attached hydrogen (secondary N) is 1. The van der Waals surface area contributed by atoms with E-state index in [9.17, 15) is 22.4 Å². The molecule has 0 heterocycles. The number of hydrogen-bond acceptors (Lipinski definition) is 1. The van der Waals surface area contributed by atoms with Crippen LogP contribution in [0.25, 0.3) is 0 Å². The number of halogens is 5. The van der Waals surface area contributed by atoms with Gasteiger partial charge in [0.25, 0.3) is 5.91 Å². The second-order valence-electron chi connectivity index (χ2n) is 3.67. The van der Waals surface area contributed by atoms with Crippen molar-refractivity contribution in [2.24, 2.45) is 0 Å². The molecule has 0 spiro atoms. The first-order chi connectivity index (χ1) is 8.25. The van der Waals surface area contributed by atoms with E-state index in [2.05, 4.69) is 0 Å². The van der Waals surface area contributed by atoms with Crippen LogP contribution in [0.15, 0.2) is 24.3 Å². The third-order valence-corrected chi connectivity index (χ3v) is 2.51. The average molecular weight is 284 g/mol. The summed E-state index contributed by atoms with van der Waals surface area (Å²) in [5, 5.41) is 2.17. The maximum Gasteiger partial charge on any atom is 0.383 e. The van der Waals surface area contributed by atoms with Crippen LogP contribution in [-0.4, -0.2) is 18.3 Å². The normalized spacial score (nSPS) is 13.5. The van der Waals surface area contributed by atoms with Crippen LogP contribution in [0.1, 0.15) is 18.5 Å². The lowest BCUT2D eigenvalue weighted by Gasteiger charge is -2.19. The number of benzene rings is 1. The van der Waals surface area contributed by atoms with E-state index < -0.39 is 24.3 Å². The fraction of sp³-hybridized carbons (Fsp3) is 0.364. The largest absolute Gasteiger partial charge is 0.383 e. The smallest absolute Gasteiger partial charge is 0.344 e. The molecule has 0 aromatic heterocycles. The van der Waals surface area contributed by atoms with Crippen LogP contribution in [0.2, 0.25) is 5.02 Å². The van der Waals surface area contributed by atoms with Gasteiger partial charge in [-0.05, 0) is 24.6 Å². The molecule has 18 heavy (non-hydrogen) atoms. The molecule has 0 aliphatic rings. The van der Waals surface area contributed by atoms with Crippen LogP contribution in [0.4, 0.5) is 17.6 Å². The molecule has 1 aromatic rings. The first kappa shape index (κ1) is 14.8. The first-order valence-corrected chi connectivity index (χ1v) is 5.35. The molecular weight excluding hydrogens is 274 g/mol. The fourth-order valence-corrected chi connectivity index (χ4v) is 1.45. The molecule has 1 atom stereocenters. The molecule has 0 radical (unpaired) electrons. The van der Waals surface area contributed by atoms with Crippen LogP contribution >= 0.6 is 11.6 Å². The quantitative estimate of drug-likeness (QED) is 0.843. The van der Waals surface area contributed by atoms with Gasteiger partial charge in [-0.15, -0.1) is 0 Å². The van der Waals surface area contributed by atoms with E-state index in [1.54, 1.807) is 12.1 Å². The first-order valence-electron chi connectivity index (χ1n) is 4.97. The third-order valence-electron chi connectivity index (χ3n) is 2.27. The lowest BCUT2D eigenvalue weighted by atomic mass is 10.1. The minimum atomic E-state index is -4.70. The highest BCUT2D eigenvalue weighted by atomic mass is 35.5. The second-order valence-corrected chi connectivity index (χ2v) is 4.11. The van der Waals surface area contributed by atoms with Crippen LogP contribution in [-0.2, 0) is 4.79 Å². The summed E-state index contributed by atoms with van der Waals surface area (Å²) in [6.07, 6.45) is -4.04. The zero-order valence-electron chi connectivity index (χ0n) is 9.26. The lowest BCUT2D eigenvalue weighted by Crippen LogP contribution is -2.45. The van der Waals surface area contributed by atoms with Gasteiger partial charge < -0.3 is 5.32 Å². The van der Waals surface area contributed by atoms with E-state index in [4.69, 9.17) is 11.6 Å². The average Bonchev–Trinajstić information content (AvgIpc) is 2.28. The molecule has 1 N–H and O–H groups in total. The monoisotopic (exact) mass is 283 g/mol. The van der Waals surface area contributed by atoms with E-state index in [-0.39, 0.29) is 0 Å². The predicted molar refractivity (Wildman–Crippen MR) is 59.0 cm³/mol. The van der Waals surface area contributed by atoms with Crippen LogP contribution in [0.5, 0.6) is 0 Å². The SMILES string of the molecule is CC(NC(=O)C(F)(F)C(F)F)c1cccc(Cl)c1. The molecule has 1 amide bonds. The van der Waals surface area contributed by atoms with Crippen molar-refractivity contribution in [2.45, 2.75) is 25.3 Å². The molecule has 0 bridgehead atoms. The third kappa shape index (κ3) is 3.35. The van der Waals surface area contributed by atoms with Crippen molar-refractivity contribution in [3.63, 3.8) is 0 Å². The summed E-state index contributed by atoms with van der Waals surface area (Å²) in [6.45, 7) is 1.39. The fourth-order valence-electron chi connectivity index (χ4n) is 1.25. The van der Waals surface area contributed by atoms with Crippen molar-refractivity contribution in [3.05, 3.63) is 34.9 Å². The van der Waals surface area contributed by atoms with Crippen molar-refractivity contribution in [1.29, 1.82) is 0 Å². The number of hydrogen-bond donors (Lipinski definition) is 1. The summed E-state index contributed by atoms with van der Waals surface area (Å²) in [7, 11) is 0. The molecule has 1 rings (SSSR count). The second kappa shape index (κ2) is 5.56. The van der Waals surface area contributed by atoms with Crippen LogP contribution in [0, 0.1) is 0 Å². The number of rotatable bonds is 4. The predicted octanol–water partition coefficient (Wildman–Crippen LogP) is 3.42. The summed E-state index contributed by atoms with van der Waals surface area (Å²) in [4.78, 5) is 11.0. The molecule has 0 saturated heterocycles. The zero-order valence-corrected chi connectivity index (χ0v) is 10.0. The summed E-state index contributed by atoms with van der Waals surface area (Å²) >= 11 is 5.68. The summed E-state index contributed by atoms with van der Waals surface area (Å²) in [5.41, 5.74) is 0.445. The highest BCUT2D eigenvalue weighted by molar-refractivity contribution is 6.30. The number of carbonyl (C=O) groups excluding carboxylic acids is 1. The Hall–Kier alpha value is -1.30. The molecule has 1 unspecified atom stereocenters. The van der Waals surface area contributed by atoms with Gasteiger partial charge >= 0.3 is 12.3 Å². The van der Waals surface area contributed by atoms with E-state index in [1.807, 2.05) is 5.32 Å². The van der Waals surface area contributed by atoms with Gasteiger partial charge in [0.05, 0.1) is 6.04 Å². The standard InChI is InChI=1S/C11H10ClF4NO/c1-6(7-3-2-4-8(12)5-7)17-10(18)11(15,16)9(13)14/h2-6,9H,1H3,(H,17,18). The van der Waals surface area contributed by atoms with Gasteiger partial charge in [-0.2, -0.15) is 8.78 Å². The Bertz CT molecular complexity index is 439. The molecule has 0 saturated carbocycles. The van der Waals surface area contributed by atoms with Gasteiger partial charge in [0.1, 0.15) is 0 Å². The molecule has 0 fully saturated rings. The molecule has 0 aliphatic carbocycles. The van der Waals surface area contributed by atoms with Crippen molar-refractivity contribution in [2.75, 3.05) is 0 Å². The summed E-state index contributed by atoms with van der Waals surface area (Å²) in [6, 6.07) is 5.27. The maximum atomic E-state index is 12.7. The Labute approximate surface area is 106 Å². The van der Waals surface area contributed by atoms with Crippen molar-refractivity contribution in [1.82, 2.24) is 5.32 Å². The molecule has 100 valence electrons. The molecule has 7 heteroatoms. The number of alkyl halides is 4. The molecule has 1 aromatic carbocycles. The van der Waals surface area contributed by atoms with Gasteiger partial charge in [0, 0.05) is 5.02 Å². The highest BCUT2D eigenvalue weighted by Gasteiger charge is 2.49. The summed E-state index contributed by atoms with van der Waals surface area (Å²) in [5.74, 6) is -6.71. The van der Waals surface area contributed by atoms with Crippen molar-refractivity contribution in [3.8, 4) is 0 Å². The highest BCUT2D eigenvalue weighted by Crippen LogP contribution is 2.25. The molecular formula is C11H10ClF4NO. The Balaban J connectivity index is 2.77. The van der Waals surface area contributed by atoms with Gasteiger partial charge in [-0.25, -0.2) is 8.78 Å². The van der Waals surface area contributed by atoms with E-state index >= 15 is 0 Å². The van der Waals surface area contributed by atoms with E-state index in [0.29, 0.717) is 10.6 Å². The number of amides is 1. The lowest BCUT2D eigenvalue weighted by molar-refractivity contribution is -0.170. The summed E-state index contributed by atoms with van der Waals surface area (Å²) < 4.78 is 49.3.